The Morgan fingerprint density at radius 2 is 1.93 bits per heavy atom. The molecule has 2 heterocycles. The Morgan fingerprint density at radius 3 is 2.62 bits per heavy atom. The number of nitrogens with zero attached hydrogens (tertiary/aromatic N) is 1. The third-order valence-corrected chi connectivity index (χ3v) is 5.33. The molecule has 0 saturated carbocycles. The van der Waals surface area contributed by atoms with Gasteiger partial charge in [-0.15, -0.1) is 0 Å². The number of hydrogen-bond acceptors (Lipinski definition) is 3. The van der Waals surface area contributed by atoms with Gasteiger partial charge in [-0.1, -0.05) is 17.9 Å². The summed E-state index contributed by atoms with van der Waals surface area (Å²) in [5.74, 6) is 2.90. The minimum absolute atomic E-state index is 0.0526. The van der Waals surface area contributed by atoms with Gasteiger partial charge >= 0.3 is 6.03 Å². The topological polar surface area (TPSA) is 78.5 Å². The lowest BCUT2D eigenvalue weighted by molar-refractivity contribution is -0.122. The molecule has 29 heavy (non-hydrogen) atoms. The molecule has 2 aromatic carbocycles. The quantitative estimate of drug-likeness (QED) is 0.372. The van der Waals surface area contributed by atoms with Crippen molar-refractivity contribution in [1.82, 2.24) is 15.5 Å². The molecule has 1 fully saturated rings. The number of halogens is 3. The normalized spacial score (nSPS) is 20.1. The molecule has 0 unspecified atom stereocenters. The summed E-state index contributed by atoms with van der Waals surface area (Å²) < 4.78 is 28.3. The fraction of sp³-hybridized carbons (Fsp3) is 0.150. The van der Waals surface area contributed by atoms with E-state index in [4.69, 9.17) is 0 Å². The first-order valence-electron chi connectivity index (χ1n) is 8.47. The maximum Gasteiger partial charge on any atom is 0.323 e. The number of imide groups is 1. The van der Waals surface area contributed by atoms with Crippen molar-refractivity contribution in [2.24, 2.45) is 0 Å². The molecule has 2 aliphatic heterocycles. The van der Waals surface area contributed by atoms with Crippen LogP contribution in [0.3, 0.4) is 0 Å². The van der Waals surface area contributed by atoms with Crippen LogP contribution >= 0.6 is 22.6 Å². The van der Waals surface area contributed by atoms with Crippen LogP contribution in [-0.2, 0) is 11.3 Å². The van der Waals surface area contributed by atoms with E-state index in [-0.39, 0.29) is 24.2 Å². The van der Waals surface area contributed by atoms with Crippen molar-refractivity contribution in [1.29, 1.82) is 0 Å². The Labute approximate surface area is 177 Å². The van der Waals surface area contributed by atoms with Crippen LogP contribution in [0.15, 0.2) is 36.4 Å². The summed E-state index contributed by atoms with van der Waals surface area (Å²) in [6, 6.07) is 7.52. The zero-order chi connectivity index (χ0) is 20.8. The van der Waals surface area contributed by atoms with E-state index < -0.39 is 35.0 Å². The molecule has 0 bridgehead atoms. The standard InChI is InChI=1S/C20H12F2IN3O3/c21-13-3-1-12-9-26(17(27)15(12)7-13)10-20(18(28)24-19(29)25-20)6-5-11-2-4-14(23)8-16(11)22/h1-4,7-8H,9-10H2,(H2,24,25,28,29)/t20-/m0/s1. The van der Waals surface area contributed by atoms with Gasteiger partial charge in [-0.2, -0.15) is 0 Å². The molecule has 6 nitrogen and oxygen atoms in total. The van der Waals surface area contributed by atoms with E-state index in [2.05, 4.69) is 22.5 Å². The zero-order valence-corrected chi connectivity index (χ0v) is 16.8. The van der Waals surface area contributed by atoms with Crippen molar-refractivity contribution in [3.63, 3.8) is 0 Å². The van der Waals surface area contributed by atoms with E-state index in [0.29, 0.717) is 9.13 Å². The highest BCUT2D eigenvalue weighted by Gasteiger charge is 2.48. The molecule has 0 aromatic heterocycles. The summed E-state index contributed by atoms with van der Waals surface area (Å²) in [4.78, 5) is 38.2. The van der Waals surface area contributed by atoms with Crippen LogP contribution in [-0.4, -0.2) is 34.8 Å². The lowest BCUT2D eigenvalue weighted by Gasteiger charge is -2.26. The second-order valence-corrected chi connectivity index (χ2v) is 7.90. The number of hydrogen-bond donors (Lipinski definition) is 2. The van der Waals surface area contributed by atoms with E-state index in [1.165, 1.54) is 29.2 Å². The molecular formula is C20H12F2IN3O3. The maximum absolute atomic E-state index is 14.1. The summed E-state index contributed by atoms with van der Waals surface area (Å²) in [6.07, 6.45) is 0. The summed E-state index contributed by atoms with van der Waals surface area (Å²) in [7, 11) is 0. The Balaban J connectivity index is 1.68. The number of nitrogens with one attached hydrogen (secondary N) is 2. The van der Waals surface area contributed by atoms with E-state index >= 15 is 0 Å². The molecule has 4 amide bonds. The Morgan fingerprint density at radius 1 is 1.14 bits per heavy atom. The zero-order valence-electron chi connectivity index (χ0n) is 14.7. The van der Waals surface area contributed by atoms with Crippen LogP contribution in [0.5, 0.6) is 0 Å². The van der Waals surface area contributed by atoms with Crippen molar-refractivity contribution >= 4 is 40.4 Å². The van der Waals surface area contributed by atoms with Gasteiger partial charge in [0.2, 0.25) is 5.54 Å². The van der Waals surface area contributed by atoms with Crippen molar-refractivity contribution in [3.8, 4) is 11.8 Å². The average molecular weight is 507 g/mol. The molecule has 0 aliphatic carbocycles. The van der Waals surface area contributed by atoms with Crippen LogP contribution in [0.25, 0.3) is 0 Å². The number of urea groups is 1. The average Bonchev–Trinajstić information content (AvgIpc) is 3.11. The van der Waals surface area contributed by atoms with Crippen molar-refractivity contribution in [2.75, 3.05) is 6.54 Å². The number of carbonyl (C=O) groups is 3. The molecule has 1 saturated heterocycles. The summed E-state index contributed by atoms with van der Waals surface area (Å²) in [6.45, 7) is -0.127. The lowest BCUT2D eigenvalue weighted by atomic mass is 9.99. The molecule has 1 atom stereocenters. The summed E-state index contributed by atoms with van der Waals surface area (Å²) in [5, 5.41) is 4.54. The van der Waals surface area contributed by atoms with E-state index in [0.717, 1.165) is 6.07 Å². The predicted octanol–water partition coefficient (Wildman–Crippen LogP) is 2.16. The second-order valence-electron chi connectivity index (χ2n) is 6.65. The van der Waals surface area contributed by atoms with Gasteiger partial charge in [0.1, 0.15) is 11.6 Å². The number of rotatable bonds is 2. The van der Waals surface area contributed by atoms with E-state index in [1.807, 2.05) is 22.6 Å². The highest BCUT2D eigenvalue weighted by molar-refractivity contribution is 14.1. The Kier molecular flexibility index (Phi) is 4.74. The lowest BCUT2D eigenvalue weighted by Crippen LogP contribution is -2.54. The van der Waals surface area contributed by atoms with Crippen molar-refractivity contribution < 1.29 is 23.2 Å². The molecule has 0 spiro atoms. The summed E-state index contributed by atoms with van der Waals surface area (Å²) in [5.41, 5.74) is -0.894. The molecule has 9 heteroatoms. The summed E-state index contributed by atoms with van der Waals surface area (Å²) >= 11 is 1.95. The first-order valence-corrected chi connectivity index (χ1v) is 9.55. The molecule has 4 rings (SSSR count). The first kappa shape index (κ1) is 19.3. The molecule has 2 aliphatic rings. The van der Waals surface area contributed by atoms with Gasteiger partial charge in [-0.25, -0.2) is 13.6 Å². The van der Waals surface area contributed by atoms with Gasteiger partial charge in [-0.05, 0) is 58.5 Å². The molecule has 0 radical (unpaired) electrons. The van der Waals surface area contributed by atoms with Crippen LogP contribution in [0.4, 0.5) is 13.6 Å². The number of amides is 4. The monoisotopic (exact) mass is 507 g/mol. The second kappa shape index (κ2) is 7.11. The number of carbonyl (C=O) groups excluding carboxylic acids is 3. The SMILES string of the molecule is O=C1NC(=O)[C@](C#Cc2ccc(I)cc2F)(CN2Cc3ccc(F)cc3C2=O)N1. The third kappa shape index (κ3) is 3.55. The van der Waals surface area contributed by atoms with Gasteiger partial charge < -0.3 is 10.2 Å². The largest absolute Gasteiger partial charge is 0.330 e. The minimum atomic E-state index is -1.75. The number of fused-ring (bicyclic) bond motifs is 1. The van der Waals surface area contributed by atoms with Gasteiger partial charge in [0.15, 0.2) is 0 Å². The van der Waals surface area contributed by atoms with Crippen molar-refractivity contribution in [2.45, 2.75) is 12.1 Å². The predicted molar refractivity (Wildman–Crippen MR) is 107 cm³/mol. The fourth-order valence-corrected chi connectivity index (χ4v) is 3.70. The maximum atomic E-state index is 14.1. The van der Waals surface area contributed by atoms with Crippen molar-refractivity contribution in [3.05, 3.63) is 68.3 Å². The molecule has 146 valence electrons. The van der Waals surface area contributed by atoms with Gasteiger partial charge in [0, 0.05) is 15.7 Å². The first-order chi connectivity index (χ1) is 13.8. The smallest absolute Gasteiger partial charge is 0.323 e. The van der Waals surface area contributed by atoms with Gasteiger partial charge in [0.25, 0.3) is 11.8 Å². The minimum Gasteiger partial charge on any atom is -0.330 e. The third-order valence-electron chi connectivity index (χ3n) is 4.66. The van der Waals surface area contributed by atoms with Crippen LogP contribution < -0.4 is 10.6 Å². The Bertz CT molecular complexity index is 1140. The van der Waals surface area contributed by atoms with Crippen LogP contribution in [0, 0.1) is 27.0 Å². The van der Waals surface area contributed by atoms with Crippen LogP contribution in [0.2, 0.25) is 0 Å². The fourth-order valence-electron chi connectivity index (χ4n) is 3.24. The van der Waals surface area contributed by atoms with Gasteiger partial charge in [0.05, 0.1) is 12.1 Å². The molecule has 2 N–H and O–H groups in total. The highest BCUT2D eigenvalue weighted by atomic mass is 127. The van der Waals surface area contributed by atoms with E-state index in [9.17, 15) is 23.2 Å². The Hall–Kier alpha value is -3.00. The highest BCUT2D eigenvalue weighted by Crippen LogP contribution is 2.26. The molecule has 2 aromatic rings. The molecular weight excluding hydrogens is 495 g/mol. The van der Waals surface area contributed by atoms with Crippen LogP contribution in [0.1, 0.15) is 21.5 Å². The van der Waals surface area contributed by atoms with E-state index in [1.54, 1.807) is 6.07 Å². The number of benzene rings is 2. The van der Waals surface area contributed by atoms with Gasteiger partial charge in [-0.3, -0.25) is 14.9 Å².